The van der Waals surface area contributed by atoms with Gasteiger partial charge in [-0.3, -0.25) is 15.0 Å². The van der Waals surface area contributed by atoms with E-state index in [-0.39, 0.29) is 36.4 Å². The van der Waals surface area contributed by atoms with E-state index < -0.39 is 12.0 Å². The highest BCUT2D eigenvalue weighted by Gasteiger charge is 2.28. The van der Waals surface area contributed by atoms with Crippen molar-refractivity contribution in [1.29, 1.82) is 5.41 Å². The van der Waals surface area contributed by atoms with Gasteiger partial charge < -0.3 is 21.5 Å². The first-order valence-corrected chi connectivity index (χ1v) is 12.3. The number of phenols is 1. The topological polar surface area (TPSA) is 128 Å². The predicted molar refractivity (Wildman–Crippen MR) is 148 cm³/mol. The summed E-state index contributed by atoms with van der Waals surface area (Å²) < 4.78 is 0. The van der Waals surface area contributed by atoms with E-state index in [0.29, 0.717) is 5.56 Å². The third kappa shape index (κ3) is 6.85. The van der Waals surface area contributed by atoms with Crippen molar-refractivity contribution in [3.63, 3.8) is 0 Å². The van der Waals surface area contributed by atoms with Crippen LogP contribution in [0.2, 0.25) is 0 Å². The second-order valence-corrected chi connectivity index (χ2v) is 9.02. The molecule has 0 aliphatic carbocycles. The molecule has 0 aliphatic heterocycles. The Morgan fingerprint density at radius 3 is 1.95 bits per heavy atom. The number of nitrogens with two attached hydrogens (primary N) is 1. The first-order valence-electron chi connectivity index (χ1n) is 12.3. The lowest BCUT2D eigenvalue weighted by Crippen LogP contribution is -2.49. The van der Waals surface area contributed by atoms with E-state index in [1.807, 2.05) is 66.7 Å². The average molecular weight is 507 g/mol. The highest BCUT2D eigenvalue weighted by atomic mass is 16.3. The normalized spacial score (nSPS) is 11.5. The third-order valence-corrected chi connectivity index (χ3v) is 6.24. The van der Waals surface area contributed by atoms with Crippen LogP contribution in [0.3, 0.4) is 0 Å². The van der Waals surface area contributed by atoms with Gasteiger partial charge >= 0.3 is 0 Å². The molecule has 7 nitrogen and oxygen atoms in total. The molecule has 38 heavy (non-hydrogen) atoms. The molecule has 0 aromatic heterocycles. The lowest BCUT2D eigenvalue weighted by molar-refractivity contribution is -0.129. The molecule has 192 valence electrons. The number of amidine groups is 1. The number of carbonyl (C=O) groups is 2. The maximum absolute atomic E-state index is 13.8. The van der Waals surface area contributed by atoms with Crippen molar-refractivity contribution < 1.29 is 14.7 Å². The molecule has 4 aromatic carbocycles. The number of nitrogens with one attached hydrogen (secondary N) is 3. The Kier molecular flexibility index (Phi) is 8.51. The quantitative estimate of drug-likeness (QED) is 0.165. The fourth-order valence-corrected chi connectivity index (χ4v) is 4.28. The summed E-state index contributed by atoms with van der Waals surface area (Å²) in [6, 6.07) is 31.7. The van der Waals surface area contributed by atoms with Crippen molar-refractivity contribution in [3.8, 4) is 5.75 Å². The fraction of sp³-hybridized carbons (Fsp3) is 0.129. The van der Waals surface area contributed by atoms with Gasteiger partial charge in [-0.15, -0.1) is 0 Å². The van der Waals surface area contributed by atoms with Crippen molar-refractivity contribution in [3.05, 3.63) is 137 Å². The first-order chi connectivity index (χ1) is 18.4. The summed E-state index contributed by atoms with van der Waals surface area (Å²) in [4.78, 5) is 27.2. The zero-order chi connectivity index (χ0) is 26.9. The number of rotatable bonds is 10. The monoisotopic (exact) mass is 506 g/mol. The van der Waals surface area contributed by atoms with Gasteiger partial charge in [0, 0.05) is 18.5 Å². The molecule has 4 rings (SSSR count). The largest absolute Gasteiger partial charge is 0.508 e. The van der Waals surface area contributed by atoms with E-state index in [1.54, 1.807) is 42.5 Å². The Balaban J connectivity index is 1.60. The minimum absolute atomic E-state index is 0.0718. The lowest BCUT2D eigenvalue weighted by atomic mass is 9.90. The van der Waals surface area contributed by atoms with Gasteiger partial charge in [-0.25, -0.2) is 0 Å². The zero-order valence-electron chi connectivity index (χ0n) is 20.8. The van der Waals surface area contributed by atoms with Crippen LogP contribution < -0.4 is 16.4 Å². The fourth-order valence-electron chi connectivity index (χ4n) is 4.28. The van der Waals surface area contributed by atoms with Gasteiger partial charge in [-0.1, -0.05) is 91.0 Å². The van der Waals surface area contributed by atoms with Crippen molar-refractivity contribution in [1.82, 2.24) is 10.6 Å². The number of aromatic hydroxyl groups is 1. The number of benzene rings is 4. The maximum Gasteiger partial charge on any atom is 0.243 e. The first kappa shape index (κ1) is 26.2. The van der Waals surface area contributed by atoms with E-state index in [1.165, 1.54) is 0 Å². The standard InChI is InChI=1S/C31H30N4O3/c32-29(33)25-13-7-8-22(18-25)19-27(30(37)34-20-21-14-16-26(36)17-15-21)35-31(38)28(23-9-3-1-4-10-23)24-11-5-2-6-12-24/h1-18,27-28,36H,19-20H2,(H3,32,33)(H,34,37)(H,35,38)/t27-/m0/s1. The lowest BCUT2D eigenvalue weighted by Gasteiger charge is -2.23. The number of hydrogen-bond acceptors (Lipinski definition) is 4. The van der Waals surface area contributed by atoms with E-state index in [4.69, 9.17) is 11.1 Å². The maximum atomic E-state index is 13.8. The zero-order valence-corrected chi connectivity index (χ0v) is 20.8. The SMILES string of the molecule is N=C(N)c1cccc(C[C@H](NC(=O)C(c2ccccc2)c2ccccc2)C(=O)NCc2ccc(O)cc2)c1. The van der Waals surface area contributed by atoms with Crippen LogP contribution in [-0.2, 0) is 22.6 Å². The van der Waals surface area contributed by atoms with Gasteiger partial charge in [-0.2, -0.15) is 0 Å². The predicted octanol–water partition coefficient (Wildman–Crippen LogP) is 3.85. The van der Waals surface area contributed by atoms with E-state index in [9.17, 15) is 14.7 Å². The number of carbonyl (C=O) groups excluding carboxylic acids is 2. The van der Waals surface area contributed by atoms with Gasteiger partial charge in [0.2, 0.25) is 11.8 Å². The molecule has 0 saturated heterocycles. The van der Waals surface area contributed by atoms with Crippen LogP contribution in [0.25, 0.3) is 0 Å². The van der Waals surface area contributed by atoms with E-state index in [2.05, 4.69) is 10.6 Å². The average Bonchev–Trinajstić information content (AvgIpc) is 2.93. The summed E-state index contributed by atoms with van der Waals surface area (Å²) in [6.07, 6.45) is 0.213. The summed E-state index contributed by atoms with van der Waals surface area (Å²) in [6.45, 7) is 0.236. The van der Waals surface area contributed by atoms with E-state index in [0.717, 1.165) is 22.3 Å². The number of amides is 2. The Bertz CT molecular complexity index is 1350. The van der Waals surface area contributed by atoms with Gasteiger partial charge in [0.15, 0.2) is 0 Å². The van der Waals surface area contributed by atoms with Crippen LogP contribution in [0.15, 0.2) is 109 Å². The molecule has 0 heterocycles. The Morgan fingerprint density at radius 1 is 0.763 bits per heavy atom. The Labute approximate surface area is 221 Å². The molecule has 6 N–H and O–H groups in total. The minimum atomic E-state index is -0.878. The highest BCUT2D eigenvalue weighted by Crippen LogP contribution is 2.25. The minimum Gasteiger partial charge on any atom is -0.508 e. The van der Waals surface area contributed by atoms with Crippen LogP contribution in [0.1, 0.15) is 33.7 Å². The molecule has 0 aliphatic rings. The second-order valence-electron chi connectivity index (χ2n) is 9.02. The summed E-state index contributed by atoms with van der Waals surface area (Å²) in [5.41, 5.74) is 9.42. The molecular weight excluding hydrogens is 476 g/mol. The highest BCUT2D eigenvalue weighted by molar-refractivity contribution is 5.95. The van der Waals surface area contributed by atoms with Crippen molar-refractivity contribution in [2.24, 2.45) is 5.73 Å². The van der Waals surface area contributed by atoms with Crippen LogP contribution in [0.5, 0.6) is 5.75 Å². The Hall–Kier alpha value is -4.91. The van der Waals surface area contributed by atoms with Crippen LogP contribution >= 0.6 is 0 Å². The molecule has 7 heteroatoms. The molecule has 0 spiro atoms. The summed E-state index contributed by atoms with van der Waals surface area (Å²) in [5.74, 6) is -1.18. The van der Waals surface area contributed by atoms with Crippen LogP contribution in [0.4, 0.5) is 0 Å². The Morgan fingerprint density at radius 2 is 1.37 bits per heavy atom. The number of hydrogen-bond donors (Lipinski definition) is 5. The molecule has 1 atom stereocenters. The molecule has 0 unspecified atom stereocenters. The van der Waals surface area contributed by atoms with Gasteiger partial charge in [0.05, 0.1) is 5.92 Å². The van der Waals surface area contributed by atoms with E-state index >= 15 is 0 Å². The number of phenolic OH excluding ortho intramolecular Hbond substituents is 1. The van der Waals surface area contributed by atoms with Gasteiger partial charge in [-0.05, 0) is 40.5 Å². The smallest absolute Gasteiger partial charge is 0.243 e. The molecule has 0 saturated carbocycles. The van der Waals surface area contributed by atoms with Crippen molar-refractivity contribution in [2.75, 3.05) is 0 Å². The molecular formula is C31H30N4O3. The summed E-state index contributed by atoms with van der Waals surface area (Å²) in [5, 5.41) is 23.2. The van der Waals surface area contributed by atoms with Gasteiger partial charge in [0.1, 0.15) is 17.6 Å². The molecule has 0 bridgehead atoms. The van der Waals surface area contributed by atoms with Crippen LogP contribution in [0, 0.1) is 5.41 Å². The van der Waals surface area contributed by atoms with Gasteiger partial charge in [0.25, 0.3) is 0 Å². The summed E-state index contributed by atoms with van der Waals surface area (Å²) >= 11 is 0. The second kappa shape index (κ2) is 12.4. The summed E-state index contributed by atoms with van der Waals surface area (Å²) in [7, 11) is 0. The van der Waals surface area contributed by atoms with Crippen molar-refractivity contribution in [2.45, 2.75) is 24.9 Å². The molecule has 0 fully saturated rings. The third-order valence-electron chi connectivity index (χ3n) is 6.24. The van der Waals surface area contributed by atoms with Crippen molar-refractivity contribution >= 4 is 17.6 Å². The number of nitrogen functional groups attached to an aromatic ring is 1. The van der Waals surface area contributed by atoms with Crippen LogP contribution in [-0.4, -0.2) is 28.8 Å². The molecule has 2 amide bonds. The molecule has 4 aromatic rings. The molecule has 0 radical (unpaired) electrons.